The Balaban J connectivity index is 2.09. The van der Waals surface area contributed by atoms with Crippen LogP contribution < -0.4 is 4.74 Å². The molecule has 0 amide bonds. The van der Waals surface area contributed by atoms with E-state index >= 15 is 0 Å². The zero-order valence-electron chi connectivity index (χ0n) is 19.8. The van der Waals surface area contributed by atoms with Crippen molar-refractivity contribution >= 4 is 17.3 Å². The van der Waals surface area contributed by atoms with E-state index in [0.717, 1.165) is 23.3 Å². The molecule has 2 atom stereocenters. The molecule has 0 aliphatic heterocycles. The number of benzene rings is 2. The predicted molar refractivity (Wildman–Crippen MR) is 128 cm³/mol. The molecule has 32 heavy (non-hydrogen) atoms. The van der Waals surface area contributed by atoms with E-state index in [9.17, 15) is 9.59 Å². The van der Waals surface area contributed by atoms with Crippen LogP contribution in [0.2, 0.25) is 0 Å². The third-order valence-corrected chi connectivity index (χ3v) is 6.44. The number of ketones is 1. The summed E-state index contributed by atoms with van der Waals surface area (Å²) in [5, 5.41) is 0. The number of rotatable bonds is 6. The highest BCUT2D eigenvalue weighted by Gasteiger charge is 2.32. The number of methoxy groups -OCH3 is 1. The van der Waals surface area contributed by atoms with Crippen molar-refractivity contribution < 1.29 is 19.1 Å². The fourth-order valence-corrected chi connectivity index (χ4v) is 4.44. The van der Waals surface area contributed by atoms with E-state index in [1.807, 2.05) is 12.1 Å². The number of carbonyl (C=O) groups is 2. The number of aryl methyl sites for hydroxylation is 2. The van der Waals surface area contributed by atoms with Gasteiger partial charge in [-0.1, -0.05) is 37.3 Å². The van der Waals surface area contributed by atoms with Gasteiger partial charge in [0.1, 0.15) is 11.3 Å². The Hall–Kier alpha value is -3.14. The summed E-state index contributed by atoms with van der Waals surface area (Å²) in [5.74, 6) is 0.246. The molecule has 4 nitrogen and oxygen atoms in total. The Bertz CT molecular complexity index is 1070. The van der Waals surface area contributed by atoms with E-state index in [2.05, 4.69) is 45.0 Å². The first-order valence-corrected chi connectivity index (χ1v) is 11.1. The number of hydrogen-bond acceptors (Lipinski definition) is 4. The number of ether oxygens (including phenoxy) is 2. The summed E-state index contributed by atoms with van der Waals surface area (Å²) in [4.78, 5) is 25.4. The number of fused-ring (bicyclic) bond motifs is 1. The van der Waals surface area contributed by atoms with Crippen LogP contribution in [-0.4, -0.2) is 25.5 Å². The molecule has 2 aromatic rings. The largest absolute Gasteiger partial charge is 0.497 e. The van der Waals surface area contributed by atoms with E-state index in [1.54, 1.807) is 27.0 Å². The molecule has 4 heteroatoms. The molecule has 0 aromatic heterocycles. The molecule has 0 heterocycles. The van der Waals surface area contributed by atoms with Crippen LogP contribution in [0.3, 0.4) is 0 Å². The van der Waals surface area contributed by atoms with Crippen molar-refractivity contribution in [2.45, 2.75) is 47.0 Å². The number of hydrogen-bond donors (Lipinski definition) is 0. The van der Waals surface area contributed by atoms with Gasteiger partial charge in [-0.2, -0.15) is 0 Å². The Labute approximate surface area is 190 Å². The van der Waals surface area contributed by atoms with E-state index in [1.165, 1.54) is 28.3 Å². The standard InChI is InChI=1S/C28H32O4/c1-7-23(28(30)32-8-2)27(29)16-25-19(5)24(20-9-11-22(31-6)12-10-20)15-21-13-17(3)18(4)14-26(21)25/h7,9-14,16,19,24H,8,15H2,1-6H3/b23-7+,25-16+. The van der Waals surface area contributed by atoms with Crippen molar-refractivity contribution in [2.24, 2.45) is 5.92 Å². The first-order valence-electron chi connectivity index (χ1n) is 11.1. The lowest BCUT2D eigenvalue weighted by Gasteiger charge is -2.34. The van der Waals surface area contributed by atoms with Gasteiger partial charge in [0.05, 0.1) is 13.7 Å². The van der Waals surface area contributed by atoms with Crippen LogP contribution in [0.25, 0.3) is 5.57 Å². The molecule has 2 unspecified atom stereocenters. The summed E-state index contributed by atoms with van der Waals surface area (Å²) in [5.41, 5.74) is 6.98. The second kappa shape index (κ2) is 9.99. The van der Waals surface area contributed by atoms with Gasteiger partial charge in [-0.25, -0.2) is 4.79 Å². The van der Waals surface area contributed by atoms with Crippen LogP contribution in [0.4, 0.5) is 0 Å². The van der Waals surface area contributed by atoms with Gasteiger partial charge in [0.15, 0.2) is 5.78 Å². The van der Waals surface area contributed by atoms with Crippen LogP contribution in [0, 0.1) is 19.8 Å². The molecule has 3 rings (SSSR count). The quantitative estimate of drug-likeness (QED) is 0.252. The first kappa shape index (κ1) is 23.5. The summed E-state index contributed by atoms with van der Waals surface area (Å²) in [6, 6.07) is 12.6. The van der Waals surface area contributed by atoms with Gasteiger partial charge in [-0.05, 0) is 97.6 Å². The molecule has 1 aliphatic carbocycles. The molecule has 0 bridgehead atoms. The second-order valence-corrected chi connectivity index (χ2v) is 8.35. The highest BCUT2D eigenvalue weighted by Crippen LogP contribution is 2.45. The smallest absolute Gasteiger partial charge is 0.341 e. The maximum atomic E-state index is 13.1. The van der Waals surface area contributed by atoms with Crippen LogP contribution in [0.1, 0.15) is 54.5 Å². The molecular formula is C28H32O4. The molecule has 0 saturated heterocycles. The minimum absolute atomic E-state index is 0.0727. The molecule has 0 spiro atoms. The SMILES string of the molecule is C/C=C(\C(=O)/C=C1/c2cc(C)c(C)cc2CC(c2ccc(OC)cc2)C1C)C(=O)OCC. The van der Waals surface area contributed by atoms with E-state index in [4.69, 9.17) is 9.47 Å². The lowest BCUT2D eigenvalue weighted by atomic mass is 9.69. The Morgan fingerprint density at radius 1 is 1.09 bits per heavy atom. The van der Waals surface area contributed by atoms with Crippen molar-refractivity contribution in [2.75, 3.05) is 13.7 Å². The highest BCUT2D eigenvalue weighted by atomic mass is 16.5. The molecule has 0 saturated carbocycles. The topological polar surface area (TPSA) is 52.6 Å². The minimum atomic E-state index is -0.577. The zero-order chi connectivity index (χ0) is 23.4. The Kier molecular flexibility index (Phi) is 7.34. The van der Waals surface area contributed by atoms with Gasteiger partial charge in [0.2, 0.25) is 0 Å². The van der Waals surface area contributed by atoms with Gasteiger partial charge in [-0.3, -0.25) is 4.79 Å². The predicted octanol–water partition coefficient (Wildman–Crippen LogP) is 5.75. The maximum absolute atomic E-state index is 13.1. The molecule has 0 N–H and O–H groups in total. The highest BCUT2D eigenvalue weighted by molar-refractivity contribution is 6.23. The lowest BCUT2D eigenvalue weighted by Crippen LogP contribution is -2.23. The summed E-state index contributed by atoms with van der Waals surface area (Å²) in [7, 11) is 1.66. The van der Waals surface area contributed by atoms with Gasteiger partial charge in [-0.15, -0.1) is 0 Å². The van der Waals surface area contributed by atoms with Crippen LogP contribution in [0.15, 0.2) is 54.1 Å². The second-order valence-electron chi connectivity index (χ2n) is 8.35. The van der Waals surface area contributed by atoms with Crippen LogP contribution >= 0.6 is 0 Å². The van der Waals surface area contributed by atoms with E-state index < -0.39 is 5.97 Å². The molecule has 0 fully saturated rings. The van der Waals surface area contributed by atoms with Crippen molar-refractivity contribution in [3.05, 3.63) is 81.9 Å². The average molecular weight is 433 g/mol. The third-order valence-electron chi connectivity index (χ3n) is 6.44. The number of esters is 1. The van der Waals surface area contributed by atoms with Crippen molar-refractivity contribution in [3.8, 4) is 5.75 Å². The fraction of sp³-hybridized carbons (Fsp3) is 0.357. The molecular weight excluding hydrogens is 400 g/mol. The minimum Gasteiger partial charge on any atom is -0.497 e. The summed E-state index contributed by atoms with van der Waals surface area (Å²) >= 11 is 0. The average Bonchev–Trinajstić information content (AvgIpc) is 2.77. The van der Waals surface area contributed by atoms with Gasteiger partial charge in [0, 0.05) is 0 Å². The summed E-state index contributed by atoms with van der Waals surface area (Å²) in [6.07, 6.45) is 4.07. The number of allylic oxidation sites excluding steroid dienone is 3. The molecule has 2 aromatic carbocycles. The Morgan fingerprint density at radius 3 is 2.34 bits per heavy atom. The zero-order valence-corrected chi connectivity index (χ0v) is 19.8. The molecule has 1 aliphatic rings. The monoisotopic (exact) mass is 432 g/mol. The third kappa shape index (κ3) is 4.69. The fourth-order valence-electron chi connectivity index (χ4n) is 4.44. The lowest BCUT2D eigenvalue weighted by molar-refractivity contribution is -0.139. The van der Waals surface area contributed by atoms with E-state index in [0.29, 0.717) is 0 Å². The normalized spacial score (nSPS) is 19.4. The maximum Gasteiger partial charge on any atom is 0.341 e. The van der Waals surface area contributed by atoms with Crippen LogP contribution in [0.5, 0.6) is 5.75 Å². The van der Waals surface area contributed by atoms with Gasteiger partial charge < -0.3 is 9.47 Å². The van der Waals surface area contributed by atoms with Crippen molar-refractivity contribution in [1.82, 2.24) is 0 Å². The van der Waals surface area contributed by atoms with Crippen LogP contribution in [-0.2, 0) is 20.7 Å². The van der Waals surface area contributed by atoms with Crippen molar-refractivity contribution in [1.29, 1.82) is 0 Å². The number of carbonyl (C=O) groups excluding carboxylic acids is 2. The molecule has 168 valence electrons. The summed E-state index contributed by atoms with van der Waals surface area (Å²) < 4.78 is 10.4. The van der Waals surface area contributed by atoms with Gasteiger partial charge in [0.25, 0.3) is 0 Å². The van der Waals surface area contributed by atoms with Crippen molar-refractivity contribution in [3.63, 3.8) is 0 Å². The summed E-state index contributed by atoms with van der Waals surface area (Å²) in [6.45, 7) is 10.0. The van der Waals surface area contributed by atoms with E-state index in [-0.39, 0.29) is 29.8 Å². The van der Waals surface area contributed by atoms with Gasteiger partial charge >= 0.3 is 5.97 Å². The molecule has 0 radical (unpaired) electrons. The Morgan fingerprint density at radius 2 is 1.75 bits per heavy atom. The first-order chi connectivity index (χ1) is 15.3.